The van der Waals surface area contributed by atoms with E-state index in [2.05, 4.69) is 44.5 Å². The fourth-order valence-electron chi connectivity index (χ4n) is 3.74. The zero-order valence-electron chi connectivity index (χ0n) is 17.2. The van der Waals surface area contributed by atoms with Gasteiger partial charge in [0, 0.05) is 40.6 Å². The molecule has 2 aromatic carbocycles. The molecule has 1 aliphatic rings. The number of nitrogens with zero attached hydrogens (tertiary/aromatic N) is 1. The molecule has 1 aliphatic heterocycles. The minimum absolute atomic E-state index is 0.111. The van der Waals surface area contributed by atoms with Gasteiger partial charge < -0.3 is 15.2 Å². The zero-order chi connectivity index (χ0) is 21.8. The summed E-state index contributed by atoms with van der Waals surface area (Å²) in [5, 5.41) is 2.94. The highest BCUT2D eigenvalue weighted by atomic mass is 32.2. The third-order valence-electron chi connectivity index (χ3n) is 5.27. The van der Waals surface area contributed by atoms with Crippen molar-refractivity contribution in [2.24, 2.45) is 0 Å². The van der Waals surface area contributed by atoms with Gasteiger partial charge in [-0.15, -0.1) is 0 Å². The van der Waals surface area contributed by atoms with Crippen molar-refractivity contribution in [3.63, 3.8) is 0 Å². The predicted octanol–water partition coefficient (Wildman–Crippen LogP) is 3.11. The van der Waals surface area contributed by atoms with Crippen molar-refractivity contribution in [3.05, 3.63) is 80.6 Å². The molecule has 0 fully saturated rings. The van der Waals surface area contributed by atoms with E-state index in [-0.39, 0.29) is 18.7 Å². The van der Waals surface area contributed by atoms with Gasteiger partial charge in [0.05, 0.1) is 11.4 Å². The molecule has 7 nitrogen and oxygen atoms in total. The van der Waals surface area contributed by atoms with E-state index in [1.807, 2.05) is 24.3 Å². The molecule has 0 aliphatic carbocycles. The summed E-state index contributed by atoms with van der Waals surface area (Å²) in [7, 11) is 0. The van der Waals surface area contributed by atoms with E-state index in [1.54, 1.807) is 18.7 Å². The Kier molecular flexibility index (Phi) is 6.27. The highest BCUT2D eigenvalue weighted by Crippen LogP contribution is 2.47. The molecule has 0 radical (unpaired) electrons. The number of anilines is 2. The van der Waals surface area contributed by atoms with E-state index >= 15 is 0 Å². The Morgan fingerprint density at radius 1 is 1.00 bits per heavy atom. The van der Waals surface area contributed by atoms with Crippen LogP contribution < -0.4 is 21.5 Å². The maximum atomic E-state index is 12.2. The van der Waals surface area contributed by atoms with Crippen molar-refractivity contribution in [1.29, 1.82) is 0 Å². The van der Waals surface area contributed by atoms with Gasteiger partial charge in [-0.1, -0.05) is 36.0 Å². The fraction of sp³-hybridized carbons (Fsp3) is 0.261. The van der Waals surface area contributed by atoms with Gasteiger partial charge in [0.2, 0.25) is 5.91 Å². The first-order valence-electron chi connectivity index (χ1n) is 10.2. The number of H-pyrrole nitrogens is 2. The Morgan fingerprint density at radius 3 is 2.29 bits per heavy atom. The molecule has 31 heavy (non-hydrogen) atoms. The largest absolute Gasteiger partial charge is 0.356 e. The molecule has 0 saturated carbocycles. The van der Waals surface area contributed by atoms with Crippen LogP contribution in [0.25, 0.3) is 0 Å². The lowest BCUT2D eigenvalue weighted by atomic mass is 10.1. The molecule has 0 atom stereocenters. The number of benzene rings is 2. The SMILES string of the molecule is Cc1[nH]c(=O)[nH]c(=O)c1CCC(=O)NCCCN1c2ccccc2Sc2ccccc21. The molecule has 0 saturated heterocycles. The average molecular weight is 437 g/mol. The molecule has 1 aromatic heterocycles. The van der Waals surface area contributed by atoms with Crippen molar-refractivity contribution in [1.82, 2.24) is 15.3 Å². The molecule has 0 bridgehead atoms. The molecule has 2 heterocycles. The van der Waals surface area contributed by atoms with Gasteiger partial charge in [-0.3, -0.25) is 14.6 Å². The van der Waals surface area contributed by atoms with Gasteiger partial charge in [-0.2, -0.15) is 0 Å². The summed E-state index contributed by atoms with van der Waals surface area (Å²) < 4.78 is 0. The summed E-state index contributed by atoms with van der Waals surface area (Å²) in [4.78, 5) is 44.9. The molecule has 0 unspecified atom stereocenters. The Morgan fingerprint density at radius 2 is 1.65 bits per heavy atom. The average Bonchev–Trinajstić information content (AvgIpc) is 2.75. The molecule has 3 aromatic rings. The fourth-order valence-corrected chi connectivity index (χ4v) is 4.84. The number of aryl methyl sites for hydroxylation is 1. The minimum atomic E-state index is -0.532. The Labute approximate surface area is 183 Å². The molecule has 3 N–H and O–H groups in total. The first-order chi connectivity index (χ1) is 15.0. The van der Waals surface area contributed by atoms with Gasteiger partial charge in [0.25, 0.3) is 5.56 Å². The van der Waals surface area contributed by atoms with Crippen LogP contribution in [0.3, 0.4) is 0 Å². The van der Waals surface area contributed by atoms with E-state index in [1.165, 1.54) is 21.2 Å². The number of aromatic amines is 2. The van der Waals surface area contributed by atoms with Crippen molar-refractivity contribution in [2.45, 2.75) is 36.0 Å². The van der Waals surface area contributed by atoms with Crippen LogP contribution in [0.5, 0.6) is 0 Å². The molecule has 4 rings (SSSR count). The van der Waals surface area contributed by atoms with E-state index < -0.39 is 11.2 Å². The van der Waals surface area contributed by atoms with E-state index in [4.69, 9.17) is 0 Å². The number of amides is 1. The Hall–Kier alpha value is -3.26. The number of fused-ring (bicyclic) bond motifs is 2. The van der Waals surface area contributed by atoms with Gasteiger partial charge in [0.15, 0.2) is 0 Å². The monoisotopic (exact) mass is 436 g/mol. The van der Waals surface area contributed by atoms with Crippen molar-refractivity contribution >= 4 is 29.0 Å². The van der Waals surface area contributed by atoms with Gasteiger partial charge in [0.1, 0.15) is 0 Å². The standard InChI is InChI=1S/C23H24N4O3S/c1-15-16(22(29)26-23(30)25-15)11-12-21(28)24-13-6-14-27-17-7-2-4-9-19(17)31-20-10-5-3-8-18(20)27/h2-5,7-10H,6,11-14H2,1H3,(H,24,28)(H2,25,26,29,30). The third kappa shape index (κ3) is 4.74. The smallest absolute Gasteiger partial charge is 0.325 e. The maximum absolute atomic E-state index is 12.2. The Balaban J connectivity index is 1.32. The number of aromatic nitrogens is 2. The quantitative estimate of drug-likeness (QED) is 0.495. The molecule has 8 heteroatoms. The van der Waals surface area contributed by atoms with Crippen molar-refractivity contribution in [2.75, 3.05) is 18.0 Å². The van der Waals surface area contributed by atoms with Gasteiger partial charge >= 0.3 is 5.69 Å². The van der Waals surface area contributed by atoms with Gasteiger partial charge in [-0.05, 0) is 44.0 Å². The molecule has 1 amide bonds. The van der Waals surface area contributed by atoms with Crippen LogP contribution in [0.2, 0.25) is 0 Å². The number of rotatable bonds is 7. The van der Waals surface area contributed by atoms with Crippen LogP contribution >= 0.6 is 11.8 Å². The number of para-hydroxylation sites is 2. The summed E-state index contributed by atoms with van der Waals surface area (Å²) in [5.41, 5.74) is 2.34. The molecule has 160 valence electrons. The molecule has 0 spiro atoms. The second kappa shape index (κ2) is 9.26. The lowest BCUT2D eigenvalue weighted by Crippen LogP contribution is -2.30. The van der Waals surface area contributed by atoms with E-state index in [0.29, 0.717) is 17.8 Å². The lowest BCUT2D eigenvalue weighted by molar-refractivity contribution is -0.121. The predicted molar refractivity (Wildman–Crippen MR) is 122 cm³/mol. The zero-order valence-corrected chi connectivity index (χ0v) is 18.1. The maximum Gasteiger partial charge on any atom is 0.325 e. The van der Waals surface area contributed by atoms with Crippen molar-refractivity contribution in [3.8, 4) is 0 Å². The minimum Gasteiger partial charge on any atom is -0.356 e. The Bertz CT molecular complexity index is 1170. The van der Waals surface area contributed by atoms with E-state index in [9.17, 15) is 14.4 Å². The summed E-state index contributed by atoms with van der Waals surface area (Å²) in [6.45, 7) is 3.00. The summed E-state index contributed by atoms with van der Waals surface area (Å²) in [6.07, 6.45) is 1.27. The first-order valence-corrected chi connectivity index (χ1v) is 11.1. The normalized spacial score (nSPS) is 12.2. The summed E-state index contributed by atoms with van der Waals surface area (Å²) in [6, 6.07) is 16.7. The third-order valence-corrected chi connectivity index (χ3v) is 6.40. The van der Waals surface area contributed by atoms with Crippen LogP contribution in [-0.2, 0) is 11.2 Å². The summed E-state index contributed by atoms with van der Waals surface area (Å²) >= 11 is 1.78. The van der Waals surface area contributed by atoms with Crippen LogP contribution in [0, 0.1) is 6.92 Å². The summed E-state index contributed by atoms with van der Waals surface area (Å²) in [5.74, 6) is -0.111. The number of hydrogen-bond donors (Lipinski definition) is 3. The lowest BCUT2D eigenvalue weighted by Gasteiger charge is -2.32. The number of nitrogens with one attached hydrogen (secondary N) is 3. The van der Waals surface area contributed by atoms with Gasteiger partial charge in [-0.25, -0.2) is 4.79 Å². The first kappa shape index (κ1) is 21.0. The topological polar surface area (TPSA) is 98.1 Å². The second-order valence-corrected chi connectivity index (χ2v) is 8.49. The van der Waals surface area contributed by atoms with Crippen LogP contribution in [0.4, 0.5) is 11.4 Å². The van der Waals surface area contributed by atoms with Crippen LogP contribution in [0.15, 0.2) is 67.9 Å². The number of hydrogen-bond acceptors (Lipinski definition) is 5. The molecular formula is C23H24N4O3S. The highest BCUT2D eigenvalue weighted by Gasteiger charge is 2.22. The highest BCUT2D eigenvalue weighted by molar-refractivity contribution is 7.99. The van der Waals surface area contributed by atoms with Crippen molar-refractivity contribution < 1.29 is 4.79 Å². The van der Waals surface area contributed by atoms with E-state index in [0.717, 1.165) is 13.0 Å². The molecular weight excluding hydrogens is 412 g/mol. The number of carbonyl (C=O) groups excluding carboxylic acids is 1. The second-order valence-electron chi connectivity index (χ2n) is 7.40. The van der Waals surface area contributed by atoms with Crippen LogP contribution in [-0.4, -0.2) is 29.0 Å². The number of carbonyl (C=O) groups is 1. The van der Waals surface area contributed by atoms with Crippen LogP contribution in [0.1, 0.15) is 24.1 Å².